The molecule has 0 aromatic rings. The van der Waals surface area contributed by atoms with Gasteiger partial charge >= 0.3 is 0 Å². The maximum Gasteiger partial charge on any atom is 0.262 e. The molecule has 2 atom stereocenters. The molecule has 0 fully saturated rings. The van der Waals surface area contributed by atoms with Crippen molar-refractivity contribution in [3.63, 3.8) is 0 Å². The number of rotatable bonds is 2. The molecule has 0 spiro atoms. The highest BCUT2D eigenvalue weighted by Gasteiger charge is 2.59. The fourth-order valence-electron chi connectivity index (χ4n) is 1.53. The van der Waals surface area contributed by atoms with E-state index in [0.717, 1.165) is 19.9 Å². The van der Waals surface area contributed by atoms with E-state index in [2.05, 4.69) is 0 Å². The molecular weight excluding hydrogens is 207 g/mol. The molecule has 0 radical (unpaired) electrons. The van der Waals surface area contributed by atoms with Crippen LogP contribution in [0.2, 0.25) is 0 Å². The smallest absolute Gasteiger partial charge is 0.262 e. The third-order valence-electron chi connectivity index (χ3n) is 3.01. The molecule has 1 aliphatic carbocycles. The minimum absolute atomic E-state index is 0.288. The number of hydrogen-bond acceptors (Lipinski definition) is 4. The van der Waals surface area contributed by atoms with E-state index >= 15 is 0 Å². The number of nitrogens with zero attached hydrogens (tertiary/aromatic N) is 2. The van der Waals surface area contributed by atoms with Crippen LogP contribution in [0.25, 0.3) is 0 Å². The second-order valence-electron chi connectivity index (χ2n) is 4.06. The molecule has 0 aromatic heterocycles. The molecule has 6 nitrogen and oxygen atoms in total. The lowest BCUT2D eigenvalue weighted by Crippen LogP contribution is -2.54. The molecule has 0 aromatic carbocycles. The Bertz CT molecular complexity index is 353. The van der Waals surface area contributed by atoms with Gasteiger partial charge in [0.05, 0.1) is 4.92 Å². The van der Waals surface area contributed by atoms with Gasteiger partial charge in [0.1, 0.15) is 6.42 Å². The van der Waals surface area contributed by atoms with Crippen molar-refractivity contribution in [2.75, 3.05) is 0 Å². The van der Waals surface area contributed by atoms with Crippen LogP contribution in [0.1, 0.15) is 26.7 Å². The fraction of sp³-hybridized carbons (Fsp3) is 0.750. The highest BCUT2D eigenvalue weighted by Crippen LogP contribution is 2.41. The summed E-state index contributed by atoms with van der Waals surface area (Å²) in [5.41, 5.74) is -4.27. The van der Waals surface area contributed by atoms with Crippen molar-refractivity contribution in [3.05, 3.63) is 32.0 Å². The highest BCUT2D eigenvalue weighted by molar-refractivity contribution is 5.13. The number of hydrogen-bond donors (Lipinski definition) is 0. The molecule has 0 N–H and O–H groups in total. The number of halogens is 1. The van der Waals surface area contributed by atoms with Crippen molar-refractivity contribution in [1.29, 1.82) is 0 Å². The van der Waals surface area contributed by atoms with Crippen LogP contribution in [0.5, 0.6) is 0 Å². The Labute approximate surface area is 85.1 Å². The first-order chi connectivity index (χ1) is 6.71. The zero-order chi connectivity index (χ0) is 11.9. The largest absolute Gasteiger partial charge is 0.264 e. The number of alkyl halides is 1. The van der Waals surface area contributed by atoms with Gasteiger partial charge in [-0.25, -0.2) is 4.39 Å². The fourth-order valence-corrected chi connectivity index (χ4v) is 1.53. The molecular formula is C8H11FN2O4. The molecule has 0 amide bonds. The van der Waals surface area contributed by atoms with Crippen LogP contribution in [0.15, 0.2) is 11.8 Å². The van der Waals surface area contributed by atoms with Crippen LogP contribution >= 0.6 is 0 Å². The van der Waals surface area contributed by atoms with Crippen LogP contribution in [0, 0.1) is 20.2 Å². The summed E-state index contributed by atoms with van der Waals surface area (Å²) in [6.45, 7) is 2.20. The molecule has 84 valence electrons. The predicted octanol–water partition coefficient (Wildman–Crippen LogP) is 1.70. The van der Waals surface area contributed by atoms with E-state index in [-0.39, 0.29) is 12.1 Å². The molecule has 15 heavy (non-hydrogen) atoms. The summed E-state index contributed by atoms with van der Waals surface area (Å²) in [4.78, 5) is 19.8. The minimum Gasteiger partial charge on any atom is -0.264 e. The average molecular weight is 218 g/mol. The maximum atomic E-state index is 13.9. The van der Waals surface area contributed by atoms with Gasteiger partial charge in [-0.3, -0.25) is 20.2 Å². The summed E-state index contributed by atoms with van der Waals surface area (Å²) in [5, 5.41) is 21.2. The van der Waals surface area contributed by atoms with E-state index < -0.39 is 27.5 Å². The predicted molar refractivity (Wildman–Crippen MR) is 49.2 cm³/mol. The summed E-state index contributed by atoms with van der Waals surface area (Å²) in [6, 6.07) is 0. The summed E-state index contributed by atoms with van der Waals surface area (Å²) < 4.78 is 13.9. The lowest BCUT2D eigenvalue weighted by Gasteiger charge is -2.34. The Morgan fingerprint density at radius 3 is 2.33 bits per heavy atom. The van der Waals surface area contributed by atoms with E-state index in [1.165, 1.54) is 0 Å². The van der Waals surface area contributed by atoms with Crippen LogP contribution in [0.4, 0.5) is 4.39 Å². The molecule has 0 saturated carbocycles. The van der Waals surface area contributed by atoms with Crippen LogP contribution in [-0.4, -0.2) is 21.1 Å². The van der Waals surface area contributed by atoms with Crippen molar-refractivity contribution in [2.45, 2.75) is 37.9 Å². The SMILES string of the molecule is CC1(F)CC=C([N+](=O)[O-])CC1(C)[N+](=O)[O-]. The average Bonchev–Trinajstić information content (AvgIpc) is 2.09. The molecule has 0 saturated heterocycles. The van der Waals surface area contributed by atoms with Gasteiger partial charge < -0.3 is 0 Å². The van der Waals surface area contributed by atoms with Crippen molar-refractivity contribution >= 4 is 0 Å². The summed E-state index contributed by atoms with van der Waals surface area (Å²) in [7, 11) is 0. The molecule has 7 heteroatoms. The molecule has 0 heterocycles. The molecule has 1 rings (SSSR count). The van der Waals surface area contributed by atoms with E-state index in [0.29, 0.717) is 0 Å². The Morgan fingerprint density at radius 2 is 1.93 bits per heavy atom. The quantitative estimate of drug-likeness (QED) is 0.521. The van der Waals surface area contributed by atoms with E-state index in [1.54, 1.807) is 0 Å². The first-order valence-electron chi connectivity index (χ1n) is 4.37. The van der Waals surface area contributed by atoms with Crippen molar-refractivity contribution in [3.8, 4) is 0 Å². The third kappa shape index (κ3) is 1.69. The standard InChI is InChI=1S/C8H11FN2O4/c1-7(9)4-3-6(10(12)13)5-8(7,2)11(14)15/h3H,4-5H2,1-2H3. The third-order valence-corrected chi connectivity index (χ3v) is 3.01. The lowest BCUT2D eigenvalue weighted by molar-refractivity contribution is -0.591. The van der Waals surface area contributed by atoms with E-state index in [1.807, 2.05) is 0 Å². The Morgan fingerprint density at radius 1 is 1.40 bits per heavy atom. The molecule has 0 aliphatic heterocycles. The normalized spacial score (nSPS) is 35.8. The van der Waals surface area contributed by atoms with Gasteiger partial charge in [0, 0.05) is 18.3 Å². The topological polar surface area (TPSA) is 86.3 Å². The first-order valence-corrected chi connectivity index (χ1v) is 4.37. The Balaban J connectivity index is 3.13. The molecule has 2 unspecified atom stereocenters. The zero-order valence-electron chi connectivity index (χ0n) is 8.40. The number of allylic oxidation sites excluding steroid dienone is 1. The lowest BCUT2D eigenvalue weighted by atomic mass is 9.75. The molecule has 1 aliphatic rings. The molecule has 0 bridgehead atoms. The summed E-state index contributed by atoms with van der Waals surface area (Å²) >= 11 is 0. The zero-order valence-corrected chi connectivity index (χ0v) is 8.40. The van der Waals surface area contributed by atoms with Crippen molar-refractivity contribution in [2.24, 2.45) is 0 Å². The van der Waals surface area contributed by atoms with Gasteiger partial charge in [-0.2, -0.15) is 0 Å². The monoisotopic (exact) mass is 218 g/mol. The van der Waals surface area contributed by atoms with Gasteiger partial charge in [0.2, 0.25) is 5.70 Å². The van der Waals surface area contributed by atoms with Gasteiger partial charge in [-0.05, 0) is 13.0 Å². The van der Waals surface area contributed by atoms with E-state index in [4.69, 9.17) is 0 Å². The highest BCUT2D eigenvalue weighted by atomic mass is 19.1. The Kier molecular flexibility index (Phi) is 2.50. The second kappa shape index (κ2) is 3.25. The minimum atomic E-state index is -2.06. The Hall–Kier alpha value is -1.53. The summed E-state index contributed by atoms with van der Waals surface area (Å²) in [5.74, 6) is 0. The number of nitro groups is 2. The van der Waals surface area contributed by atoms with Crippen LogP contribution in [0.3, 0.4) is 0 Å². The van der Waals surface area contributed by atoms with E-state index in [9.17, 15) is 24.6 Å². The van der Waals surface area contributed by atoms with Crippen molar-refractivity contribution < 1.29 is 14.2 Å². The maximum absolute atomic E-state index is 13.9. The van der Waals surface area contributed by atoms with Crippen LogP contribution in [-0.2, 0) is 0 Å². The second-order valence-corrected chi connectivity index (χ2v) is 4.06. The van der Waals surface area contributed by atoms with Gasteiger partial charge in [0.15, 0.2) is 5.67 Å². The van der Waals surface area contributed by atoms with Gasteiger partial charge in [-0.15, -0.1) is 0 Å². The van der Waals surface area contributed by atoms with Crippen molar-refractivity contribution in [1.82, 2.24) is 0 Å². The van der Waals surface area contributed by atoms with Gasteiger partial charge in [0.25, 0.3) is 5.54 Å². The first kappa shape index (κ1) is 11.5. The van der Waals surface area contributed by atoms with Crippen LogP contribution < -0.4 is 0 Å². The van der Waals surface area contributed by atoms with Gasteiger partial charge in [-0.1, -0.05) is 0 Å². The summed E-state index contributed by atoms with van der Waals surface area (Å²) in [6.07, 6.45) is 0.325.